The van der Waals surface area contributed by atoms with Gasteiger partial charge in [-0.1, -0.05) is 26.0 Å². The van der Waals surface area contributed by atoms with Gasteiger partial charge in [-0.3, -0.25) is 0 Å². The van der Waals surface area contributed by atoms with E-state index in [9.17, 15) is 5.11 Å². The SMILES string of the molecule is Cc1cccc(OCC(O)CNC(C)CC(C)C)c1. The highest BCUT2D eigenvalue weighted by atomic mass is 16.5. The van der Waals surface area contributed by atoms with Gasteiger partial charge < -0.3 is 15.2 Å². The van der Waals surface area contributed by atoms with Gasteiger partial charge in [-0.2, -0.15) is 0 Å². The van der Waals surface area contributed by atoms with Crippen LogP contribution in [0.4, 0.5) is 0 Å². The smallest absolute Gasteiger partial charge is 0.119 e. The zero-order valence-corrected chi connectivity index (χ0v) is 12.5. The molecule has 0 aliphatic rings. The third-order valence-corrected chi connectivity index (χ3v) is 2.96. The summed E-state index contributed by atoms with van der Waals surface area (Å²) >= 11 is 0. The van der Waals surface area contributed by atoms with Crippen molar-refractivity contribution in [2.75, 3.05) is 13.2 Å². The Balaban J connectivity index is 2.22. The molecule has 0 saturated heterocycles. The van der Waals surface area contributed by atoms with E-state index in [-0.39, 0.29) is 0 Å². The summed E-state index contributed by atoms with van der Waals surface area (Å²) in [4.78, 5) is 0. The number of aliphatic hydroxyl groups is 1. The number of hydrogen-bond donors (Lipinski definition) is 2. The van der Waals surface area contributed by atoms with Crippen LogP contribution in [0.5, 0.6) is 5.75 Å². The predicted octanol–water partition coefficient (Wildman–Crippen LogP) is 2.76. The number of benzene rings is 1. The van der Waals surface area contributed by atoms with Gasteiger partial charge >= 0.3 is 0 Å². The lowest BCUT2D eigenvalue weighted by atomic mass is 10.1. The van der Waals surface area contributed by atoms with Crippen LogP contribution in [0.25, 0.3) is 0 Å². The van der Waals surface area contributed by atoms with Crippen LogP contribution in [0.1, 0.15) is 32.8 Å². The third-order valence-electron chi connectivity index (χ3n) is 2.96. The molecule has 2 atom stereocenters. The van der Waals surface area contributed by atoms with Crippen molar-refractivity contribution < 1.29 is 9.84 Å². The van der Waals surface area contributed by atoms with E-state index in [0.717, 1.165) is 17.7 Å². The molecule has 3 heteroatoms. The van der Waals surface area contributed by atoms with Gasteiger partial charge in [0.25, 0.3) is 0 Å². The molecule has 2 unspecified atom stereocenters. The Morgan fingerprint density at radius 1 is 1.26 bits per heavy atom. The number of aliphatic hydroxyl groups excluding tert-OH is 1. The van der Waals surface area contributed by atoms with Crippen molar-refractivity contribution in [3.63, 3.8) is 0 Å². The summed E-state index contributed by atoms with van der Waals surface area (Å²) in [6, 6.07) is 8.29. The molecule has 0 aromatic heterocycles. The van der Waals surface area contributed by atoms with Crippen LogP contribution >= 0.6 is 0 Å². The van der Waals surface area contributed by atoms with Crippen molar-refractivity contribution in [1.29, 1.82) is 0 Å². The first kappa shape index (κ1) is 16.0. The molecule has 0 fully saturated rings. The lowest BCUT2D eigenvalue weighted by Crippen LogP contribution is -2.37. The van der Waals surface area contributed by atoms with E-state index in [1.165, 1.54) is 0 Å². The summed E-state index contributed by atoms with van der Waals surface area (Å²) in [5.41, 5.74) is 1.16. The van der Waals surface area contributed by atoms with Crippen molar-refractivity contribution in [1.82, 2.24) is 5.32 Å². The molecule has 0 radical (unpaired) electrons. The van der Waals surface area contributed by atoms with Gasteiger partial charge in [0.15, 0.2) is 0 Å². The minimum absolute atomic E-state index is 0.324. The van der Waals surface area contributed by atoms with Crippen LogP contribution in [-0.4, -0.2) is 30.4 Å². The van der Waals surface area contributed by atoms with Crippen molar-refractivity contribution in [2.24, 2.45) is 5.92 Å². The minimum atomic E-state index is -0.477. The van der Waals surface area contributed by atoms with E-state index in [0.29, 0.717) is 25.1 Å². The maximum absolute atomic E-state index is 9.88. The third kappa shape index (κ3) is 7.19. The van der Waals surface area contributed by atoms with Crippen molar-refractivity contribution >= 4 is 0 Å². The van der Waals surface area contributed by atoms with Crippen molar-refractivity contribution in [3.05, 3.63) is 29.8 Å². The number of ether oxygens (including phenoxy) is 1. The predicted molar refractivity (Wildman–Crippen MR) is 79.6 cm³/mol. The summed E-state index contributed by atoms with van der Waals surface area (Å²) < 4.78 is 5.57. The molecule has 0 saturated carbocycles. The molecule has 0 aliphatic carbocycles. The van der Waals surface area contributed by atoms with Crippen LogP contribution < -0.4 is 10.1 Å². The monoisotopic (exact) mass is 265 g/mol. The van der Waals surface area contributed by atoms with Gasteiger partial charge in [0.2, 0.25) is 0 Å². The maximum atomic E-state index is 9.88. The van der Waals surface area contributed by atoms with Crippen LogP contribution in [0.2, 0.25) is 0 Å². The minimum Gasteiger partial charge on any atom is -0.491 e. The molecule has 108 valence electrons. The zero-order valence-electron chi connectivity index (χ0n) is 12.5. The Kier molecular flexibility index (Phi) is 6.89. The summed E-state index contributed by atoms with van der Waals surface area (Å²) in [5.74, 6) is 1.48. The lowest BCUT2D eigenvalue weighted by Gasteiger charge is -2.19. The number of aryl methyl sites for hydroxylation is 1. The van der Waals surface area contributed by atoms with E-state index >= 15 is 0 Å². The molecule has 0 bridgehead atoms. The summed E-state index contributed by atoms with van der Waals surface area (Å²) in [6.45, 7) is 9.47. The largest absolute Gasteiger partial charge is 0.491 e. The fourth-order valence-corrected chi connectivity index (χ4v) is 2.08. The second-order valence-corrected chi connectivity index (χ2v) is 5.72. The summed E-state index contributed by atoms with van der Waals surface area (Å²) in [6.07, 6.45) is 0.640. The lowest BCUT2D eigenvalue weighted by molar-refractivity contribution is 0.103. The molecule has 0 aliphatic heterocycles. The second-order valence-electron chi connectivity index (χ2n) is 5.72. The highest BCUT2D eigenvalue weighted by Gasteiger charge is 2.09. The summed E-state index contributed by atoms with van der Waals surface area (Å²) in [5, 5.41) is 13.2. The Morgan fingerprint density at radius 2 is 2.00 bits per heavy atom. The standard InChI is InChI=1S/C16H27NO2/c1-12(2)8-14(4)17-10-15(18)11-19-16-7-5-6-13(3)9-16/h5-7,9,12,14-15,17-18H,8,10-11H2,1-4H3. The topological polar surface area (TPSA) is 41.5 Å². The van der Waals surface area contributed by atoms with Crippen molar-refractivity contribution in [2.45, 2.75) is 46.3 Å². The first-order valence-electron chi connectivity index (χ1n) is 7.08. The highest BCUT2D eigenvalue weighted by molar-refractivity contribution is 5.27. The van der Waals surface area contributed by atoms with Gasteiger partial charge in [-0.05, 0) is 43.9 Å². The van der Waals surface area contributed by atoms with E-state index in [2.05, 4.69) is 26.1 Å². The molecule has 0 amide bonds. The summed E-state index contributed by atoms with van der Waals surface area (Å²) in [7, 11) is 0. The van der Waals surface area contributed by atoms with Crippen LogP contribution in [-0.2, 0) is 0 Å². The van der Waals surface area contributed by atoms with Gasteiger partial charge in [0.05, 0.1) is 0 Å². The Bertz CT molecular complexity index is 366. The number of rotatable bonds is 8. The fraction of sp³-hybridized carbons (Fsp3) is 0.625. The van der Waals surface area contributed by atoms with Gasteiger partial charge in [-0.15, -0.1) is 0 Å². The molecule has 19 heavy (non-hydrogen) atoms. The zero-order chi connectivity index (χ0) is 14.3. The first-order valence-corrected chi connectivity index (χ1v) is 7.08. The Morgan fingerprint density at radius 3 is 2.63 bits per heavy atom. The van der Waals surface area contributed by atoms with E-state index < -0.39 is 6.10 Å². The Hall–Kier alpha value is -1.06. The number of hydrogen-bond acceptors (Lipinski definition) is 3. The molecule has 0 spiro atoms. The van der Waals surface area contributed by atoms with Crippen LogP contribution in [0.3, 0.4) is 0 Å². The van der Waals surface area contributed by atoms with Crippen LogP contribution in [0, 0.1) is 12.8 Å². The van der Waals surface area contributed by atoms with E-state index in [1.54, 1.807) is 0 Å². The van der Waals surface area contributed by atoms with Crippen molar-refractivity contribution in [3.8, 4) is 5.75 Å². The fourth-order valence-electron chi connectivity index (χ4n) is 2.08. The molecular weight excluding hydrogens is 238 g/mol. The Labute approximate surface area is 117 Å². The van der Waals surface area contributed by atoms with Gasteiger partial charge in [-0.25, -0.2) is 0 Å². The average Bonchev–Trinajstić information content (AvgIpc) is 2.33. The highest BCUT2D eigenvalue weighted by Crippen LogP contribution is 2.12. The second kappa shape index (κ2) is 8.18. The molecule has 1 rings (SSSR count). The molecule has 2 N–H and O–H groups in total. The van der Waals surface area contributed by atoms with E-state index in [4.69, 9.17) is 4.74 Å². The first-order chi connectivity index (χ1) is 8.97. The molecule has 0 heterocycles. The van der Waals surface area contributed by atoms with E-state index in [1.807, 2.05) is 31.2 Å². The van der Waals surface area contributed by atoms with Gasteiger partial charge in [0, 0.05) is 12.6 Å². The molecule has 1 aromatic carbocycles. The molecule has 3 nitrogen and oxygen atoms in total. The number of nitrogens with one attached hydrogen (secondary N) is 1. The van der Waals surface area contributed by atoms with Crippen LogP contribution in [0.15, 0.2) is 24.3 Å². The maximum Gasteiger partial charge on any atom is 0.119 e. The quantitative estimate of drug-likeness (QED) is 0.759. The average molecular weight is 265 g/mol. The molecular formula is C16H27NO2. The molecule has 1 aromatic rings. The van der Waals surface area contributed by atoms with Gasteiger partial charge in [0.1, 0.15) is 18.5 Å². The normalized spacial score (nSPS) is 14.4.